The summed E-state index contributed by atoms with van der Waals surface area (Å²) in [6.07, 6.45) is 2.56. The predicted molar refractivity (Wildman–Crippen MR) is 96.9 cm³/mol. The molecule has 25 heavy (non-hydrogen) atoms. The van der Waals surface area contributed by atoms with Gasteiger partial charge < -0.3 is 31.7 Å². The van der Waals surface area contributed by atoms with Gasteiger partial charge >= 0.3 is 17.6 Å². The van der Waals surface area contributed by atoms with E-state index in [1.54, 1.807) is 42.7 Å². The lowest BCUT2D eigenvalue weighted by Crippen LogP contribution is -2.42. The molecule has 0 aliphatic carbocycles. The van der Waals surface area contributed by atoms with Crippen molar-refractivity contribution in [2.24, 2.45) is 0 Å². The van der Waals surface area contributed by atoms with Crippen molar-refractivity contribution in [2.45, 2.75) is 56.5 Å². The Labute approximate surface area is 153 Å². The quantitative estimate of drug-likeness (QED) is 0.314. The molecule has 10 heteroatoms. The van der Waals surface area contributed by atoms with Crippen LogP contribution in [0.15, 0.2) is 0 Å². The van der Waals surface area contributed by atoms with Gasteiger partial charge in [-0.2, -0.15) is 0 Å². The first-order valence-corrected chi connectivity index (χ1v) is 12.4. The van der Waals surface area contributed by atoms with Crippen LogP contribution in [-0.4, -0.2) is 71.2 Å². The molecule has 0 saturated carbocycles. The van der Waals surface area contributed by atoms with Gasteiger partial charge in [-0.3, -0.25) is 0 Å². The summed E-state index contributed by atoms with van der Waals surface area (Å²) < 4.78 is 46.1. The molecule has 0 heterocycles. The van der Waals surface area contributed by atoms with Gasteiger partial charge in [0.2, 0.25) is 5.85 Å². The summed E-state index contributed by atoms with van der Waals surface area (Å²) >= 11 is 0. The standard InChI is InChI=1S/C15H35FO7Si2/c1-18-24(19-2,20-3)13-9-7-11-15(16,17)12-8-10-14-25(21-4,22-5)23-6/h17H,7-14H2,1-6H3. The maximum Gasteiger partial charge on any atom is 0.500 e. The minimum Gasteiger partial charge on any atom is -0.377 e. The van der Waals surface area contributed by atoms with E-state index >= 15 is 0 Å². The lowest BCUT2D eigenvalue weighted by molar-refractivity contribution is -0.103. The van der Waals surface area contributed by atoms with Crippen molar-refractivity contribution in [3.05, 3.63) is 0 Å². The van der Waals surface area contributed by atoms with Crippen LogP contribution in [0.2, 0.25) is 12.1 Å². The van der Waals surface area contributed by atoms with Crippen LogP contribution in [0.4, 0.5) is 4.39 Å². The highest BCUT2D eigenvalue weighted by molar-refractivity contribution is 6.60. The maximum atomic E-state index is 14.2. The molecule has 152 valence electrons. The summed E-state index contributed by atoms with van der Waals surface area (Å²) in [5, 5.41) is 9.89. The Hall–Kier alpha value is 0.0838. The Balaban J connectivity index is 4.09. The summed E-state index contributed by atoms with van der Waals surface area (Å²) in [6, 6.07) is 1.19. The van der Waals surface area contributed by atoms with E-state index in [2.05, 4.69) is 0 Å². The minimum absolute atomic E-state index is 0.0794. The van der Waals surface area contributed by atoms with Crippen molar-refractivity contribution in [1.82, 2.24) is 0 Å². The first-order valence-electron chi connectivity index (χ1n) is 8.50. The Morgan fingerprint density at radius 3 is 1.16 bits per heavy atom. The van der Waals surface area contributed by atoms with Gasteiger partial charge in [0.25, 0.3) is 0 Å². The molecule has 0 aromatic carbocycles. The first-order chi connectivity index (χ1) is 11.8. The Kier molecular flexibility index (Phi) is 12.5. The van der Waals surface area contributed by atoms with E-state index in [0.717, 1.165) is 0 Å². The van der Waals surface area contributed by atoms with Gasteiger partial charge in [0.05, 0.1) is 0 Å². The summed E-state index contributed by atoms with van der Waals surface area (Å²) in [4.78, 5) is 0. The lowest BCUT2D eigenvalue weighted by Gasteiger charge is -2.25. The van der Waals surface area contributed by atoms with E-state index in [0.29, 0.717) is 37.8 Å². The van der Waals surface area contributed by atoms with Crippen LogP contribution in [0, 0.1) is 0 Å². The fourth-order valence-corrected chi connectivity index (χ4v) is 6.30. The minimum atomic E-state index is -2.62. The van der Waals surface area contributed by atoms with Crippen LogP contribution in [0.25, 0.3) is 0 Å². The van der Waals surface area contributed by atoms with E-state index < -0.39 is 23.5 Å². The molecule has 0 rings (SSSR count). The highest BCUT2D eigenvalue weighted by atomic mass is 28.4. The van der Waals surface area contributed by atoms with Crippen LogP contribution in [0.1, 0.15) is 38.5 Å². The number of hydrogen-bond donors (Lipinski definition) is 1. The molecule has 0 bridgehead atoms. The van der Waals surface area contributed by atoms with Gasteiger partial charge in [0, 0.05) is 67.6 Å². The average molecular weight is 403 g/mol. The van der Waals surface area contributed by atoms with Crippen molar-refractivity contribution in [3.8, 4) is 0 Å². The number of hydrogen-bond acceptors (Lipinski definition) is 7. The Morgan fingerprint density at radius 1 is 0.640 bits per heavy atom. The van der Waals surface area contributed by atoms with Crippen molar-refractivity contribution in [2.75, 3.05) is 42.7 Å². The number of alkyl halides is 1. The van der Waals surface area contributed by atoms with Gasteiger partial charge in [-0.25, -0.2) is 4.39 Å². The third-order valence-corrected chi connectivity index (χ3v) is 10.1. The molecule has 7 nitrogen and oxygen atoms in total. The van der Waals surface area contributed by atoms with Crippen molar-refractivity contribution in [3.63, 3.8) is 0 Å². The van der Waals surface area contributed by atoms with Crippen LogP contribution in [0.3, 0.4) is 0 Å². The number of halogens is 1. The molecular weight excluding hydrogens is 367 g/mol. The topological polar surface area (TPSA) is 75.6 Å². The van der Waals surface area contributed by atoms with Gasteiger partial charge in [0.1, 0.15) is 0 Å². The predicted octanol–water partition coefficient (Wildman–Crippen LogP) is 2.74. The molecule has 0 aliphatic heterocycles. The molecule has 0 spiro atoms. The fourth-order valence-electron chi connectivity index (χ4n) is 2.71. The Morgan fingerprint density at radius 2 is 0.920 bits per heavy atom. The third kappa shape index (κ3) is 9.02. The molecular formula is C15H35FO7Si2. The Bertz CT molecular complexity index is 293. The zero-order chi connectivity index (χ0) is 19.4. The van der Waals surface area contributed by atoms with Gasteiger partial charge in [-0.1, -0.05) is 0 Å². The second-order valence-corrected chi connectivity index (χ2v) is 12.1. The van der Waals surface area contributed by atoms with Crippen LogP contribution in [0.5, 0.6) is 0 Å². The summed E-state index contributed by atoms with van der Waals surface area (Å²) in [6.45, 7) is 0. The highest BCUT2D eigenvalue weighted by Gasteiger charge is 2.38. The number of aliphatic hydroxyl groups is 1. The molecule has 0 amide bonds. The van der Waals surface area contributed by atoms with Gasteiger partial charge in [0.15, 0.2) is 0 Å². The lowest BCUT2D eigenvalue weighted by atomic mass is 10.0. The number of rotatable bonds is 16. The zero-order valence-electron chi connectivity index (χ0n) is 16.4. The molecule has 0 aliphatic rings. The SMILES string of the molecule is CO[Si](CCCCC(O)(F)CCCC[Si](OC)(OC)OC)(OC)OC. The van der Waals surface area contributed by atoms with Crippen molar-refractivity contribution < 1.29 is 36.1 Å². The maximum absolute atomic E-state index is 14.2. The van der Waals surface area contributed by atoms with Crippen LogP contribution < -0.4 is 0 Å². The first kappa shape index (κ1) is 25.1. The largest absolute Gasteiger partial charge is 0.500 e. The summed E-state index contributed by atoms with van der Waals surface area (Å²) in [5.74, 6) is -2.17. The molecule has 0 saturated heterocycles. The third-order valence-electron chi connectivity index (χ3n) is 4.45. The zero-order valence-corrected chi connectivity index (χ0v) is 18.4. The van der Waals surface area contributed by atoms with Crippen LogP contribution >= 0.6 is 0 Å². The van der Waals surface area contributed by atoms with Crippen molar-refractivity contribution in [1.29, 1.82) is 0 Å². The average Bonchev–Trinajstić information content (AvgIpc) is 2.63. The van der Waals surface area contributed by atoms with Gasteiger partial charge in [-0.05, 0) is 25.7 Å². The summed E-state index contributed by atoms with van der Waals surface area (Å²) in [7, 11) is 4.06. The number of unbranched alkanes of at least 4 members (excludes halogenated alkanes) is 2. The molecule has 0 atom stereocenters. The highest BCUT2D eigenvalue weighted by Crippen LogP contribution is 2.27. The molecule has 0 fully saturated rings. The van der Waals surface area contributed by atoms with Gasteiger partial charge in [-0.15, -0.1) is 0 Å². The molecule has 1 N–H and O–H groups in total. The van der Waals surface area contributed by atoms with E-state index in [1.165, 1.54) is 0 Å². The van der Waals surface area contributed by atoms with Crippen LogP contribution in [-0.2, 0) is 26.6 Å². The van der Waals surface area contributed by atoms with E-state index in [-0.39, 0.29) is 12.8 Å². The van der Waals surface area contributed by atoms with E-state index in [9.17, 15) is 9.50 Å². The van der Waals surface area contributed by atoms with Crippen molar-refractivity contribution >= 4 is 17.6 Å². The summed E-state index contributed by atoms with van der Waals surface area (Å²) in [5.41, 5.74) is 0. The smallest absolute Gasteiger partial charge is 0.377 e. The monoisotopic (exact) mass is 402 g/mol. The van der Waals surface area contributed by atoms with E-state index in [4.69, 9.17) is 26.6 Å². The molecule has 0 radical (unpaired) electrons. The second-order valence-electron chi connectivity index (χ2n) is 5.92. The molecule has 0 aromatic rings. The normalized spacial score (nSPS) is 13.4. The molecule has 0 aromatic heterocycles. The van der Waals surface area contributed by atoms with E-state index in [1.807, 2.05) is 0 Å². The fraction of sp³-hybridized carbons (Fsp3) is 1.00. The molecule has 0 unspecified atom stereocenters. The second kappa shape index (κ2) is 12.5.